The van der Waals surface area contributed by atoms with Gasteiger partial charge < -0.3 is 10.2 Å². The molecule has 1 aliphatic rings. The topological polar surface area (TPSA) is 74.6 Å². The van der Waals surface area contributed by atoms with Gasteiger partial charge in [0.2, 0.25) is 0 Å². The van der Waals surface area contributed by atoms with Gasteiger partial charge in [0, 0.05) is 17.4 Å². The van der Waals surface area contributed by atoms with Crippen molar-refractivity contribution in [1.82, 2.24) is 0 Å². The van der Waals surface area contributed by atoms with Crippen molar-refractivity contribution in [2.45, 2.75) is 23.9 Å². The molecule has 2 atom stereocenters. The molecule has 1 aliphatic carbocycles. The van der Waals surface area contributed by atoms with Crippen LogP contribution in [0.1, 0.15) is 18.4 Å². The number of halogens is 3. The Bertz CT molecular complexity index is 652. The van der Waals surface area contributed by atoms with Gasteiger partial charge in [0.25, 0.3) is 0 Å². The standard InChI is InChI=1S/C16H15F3O4S/c17-16(18,19)10-1-3-12(4-2-10)24-6-5-9-7-11(20)8-13(21)14(9)15(22)23/h1-4,8-9,14,21H,5-7H2,(H,22,23). The number of aliphatic hydroxyl groups is 1. The number of carboxylic acid groups (broad SMARTS) is 1. The molecule has 130 valence electrons. The molecule has 0 saturated carbocycles. The van der Waals surface area contributed by atoms with Crippen molar-refractivity contribution in [3.63, 3.8) is 0 Å². The Kier molecular flexibility index (Phi) is 5.58. The Balaban J connectivity index is 1.94. The number of carboxylic acids is 1. The molecule has 4 nitrogen and oxygen atoms in total. The van der Waals surface area contributed by atoms with E-state index < -0.39 is 35.3 Å². The summed E-state index contributed by atoms with van der Waals surface area (Å²) in [4.78, 5) is 23.3. The molecule has 0 amide bonds. The number of allylic oxidation sites excluding steroid dienone is 1. The highest BCUT2D eigenvalue weighted by Crippen LogP contribution is 2.34. The third kappa shape index (κ3) is 4.53. The molecule has 0 heterocycles. The first-order valence-corrected chi connectivity index (χ1v) is 8.13. The Hall–Kier alpha value is -1.96. The van der Waals surface area contributed by atoms with Crippen LogP contribution in [0.4, 0.5) is 13.2 Å². The molecule has 2 rings (SSSR count). The van der Waals surface area contributed by atoms with Crippen molar-refractivity contribution in [2.75, 3.05) is 5.75 Å². The SMILES string of the molecule is O=C1C=C(O)C(C(=O)O)C(CCSc2ccc(C(F)(F)F)cc2)C1. The van der Waals surface area contributed by atoms with Gasteiger partial charge in [0.05, 0.1) is 5.56 Å². The molecule has 1 aromatic rings. The zero-order chi connectivity index (χ0) is 17.9. The summed E-state index contributed by atoms with van der Waals surface area (Å²) in [5.74, 6) is -3.17. The predicted molar refractivity (Wildman–Crippen MR) is 81.7 cm³/mol. The van der Waals surface area contributed by atoms with Crippen LogP contribution >= 0.6 is 11.8 Å². The van der Waals surface area contributed by atoms with Gasteiger partial charge in [-0.05, 0) is 42.4 Å². The van der Waals surface area contributed by atoms with Gasteiger partial charge in [-0.2, -0.15) is 13.2 Å². The summed E-state index contributed by atoms with van der Waals surface area (Å²) in [6.07, 6.45) is -3.05. The van der Waals surface area contributed by atoms with Crippen LogP contribution < -0.4 is 0 Å². The number of aliphatic hydroxyl groups excluding tert-OH is 1. The van der Waals surface area contributed by atoms with Crippen molar-refractivity contribution in [3.05, 3.63) is 41.7 Å². The first-order chi connectivity index (χ1) is 11.2. The maximum absolute atomic E-state index is 12.5. The molecular formula is C16H15F3O4S. The van der Waals surface area contributed by atoms with E-state index in [4.69, 9.17) is 5.11 Å². The number of alkyl halides is 3. The predicted octanol–water partition coefficient (Wildman–Crippen LogP) is 3.92. The summed E-state index contributed by atoms with van der Waals surface area (Å²) in [6, 6.07) is 4.68. The number of hydrogen-bond donors (Lipinski definition) is 2. The third-order valence-electron chi connectivity index (χ3n) is 3.77. The Morgan fingerprint density at radius 3 is 2.42 bits per heavy atom. The quantitative estimate of drug-likeness (QED) is 0.779. The summed E-state index contributed by atoms with van der Waals surface area (Å²) in [5, 5.41) is 18.8. The van der Waals surface area contributed by atoms with Gasteiger partial charge in [0.1, 0.15) is 11.7 Å². The van der Waals surface area contributed by atoms with Gasteiger partial charge >= 0.3 is 12.1 Å². The summed E-state index contributed by atoms with van der Waals surface area (Å²) in [7, 11) is 0. The molecule has 0 radical (unpaired) electrons. The minimum Gasteiger partial charge on any atom is -0.511 e. The first-order valence-electron chi connectivity index (χ1n) is 7.14. The van der Waals surface area contributed by atoms with Crippen molar-refractivity contribution in [2.24, 2.45) is 11.8 Å². The number of rotatable bonds is 5. The highest BCUT2D eigenvalue weighted by Gasteiger charge is 2.36. The summed E-state index contributed by atoms with van der Waals surface area (Å²) < 4.78 is 37.4. The third-order valence-corrected chi connectivity index (χ3v) is 4.81. The molecule has 0 saturated heterocycles. The first kappa shape index (κ1) is 18.4. The summed E-state index contributed by atoms with van der Waals surface area (Å²) >= 11 is 1.28. The maximum atomic E-state index is 12.5. The molecule has 0 aromatic heterocycles. The van der Waals surface area contributed by atoms with Gasteiger partial charge in [-0.25, -0.2) is 0 Å². The monoisotopic (exact) mass is 360 g/mol. The Morgan fingerprint density at radius 2 is 1.88 bits per heavy atom. The molecule has 0 aliphatic heterocycles. The molecule has 0 spiro atoms. The normalized spacial score (nSPS) is 21.5. The van der Waals surface area contributed by atoms with Crippen LogP contribution in [0.5, 0.6) is 0 Å². The second-order valence-corrected chi connectivity index (χ2v) is 6.64. The maximum Gasteiger partial charge on any atom is 0.416 e. The largest absolute Gasteiger partial charge is 0.511 e. The van der Waals surface area contributed by atoms with Crippen LogP contribution in [0.15, 0.2) is 41.0 Å². The number of thioether (sulfide) groups is 1. The number of carbonyl (C=O) groups is 2. The fourth-order valence-electron chi connectivity index (χ4n) is 2.60. The number of ketones is 1. The number of hydrogen-bond acceptors (Lipinski definition) is 4. The lowest BCUT2D eigenvalue weighted by Gasteiger charge is -2.25. The number of benzene rings is 1. The molecule has 0 bridgehead atoms. The summed E-state index contributed by atoms with van der Waals surface area (Å²) in [5.41, 5.74) is -0.731. The zero-order valence-corrected chi connectivity index (χ0v) is 13.2. The molecule has 24 heavy (non-hydrogen) atoms. The van der Waals surface area contributed by atoms with Crippen LogP contribution in [0, 0.1) is 11.8 Å². The number of carbonyl (C=O) groups excluding carboxylic acids is 1. The number of aliphatic carboxylic acids is 1. The molecular weight excluding hydrogens is 345 g/mol. The lowest BCUT2D eigenvalue weighted by Crippen LogP contribution is -2.31. The van der Waals surface area contributed by atoms with Crippen LogP contribution in [0.3, 0.4) is 0 Å². The van der Waals surface area contributed by atoms with E-state index in [2.05, 4.69) is 0 Å². The molecule has 8 heteroatoms. The summed E-state index contributed by atoms with van der Waals surface area (Å²) in [6.45, 7) is 0. The zero-order valence-electron chi connectivity index (χ0n) is 12.4. The fraction of sp³-hybridized carbons (Fsp3) is 0.375. The smallest absolute Gasteiger partial charge is 0.416 e. The second kappa shape index (κ2) is 7.29. The molecule has 2 N–H and O–H groups in total. The van der Waals surface area contributed by atoms with E-state index in [-0.39, 0.29) is 12.2 Å². The average Bonchev–Trinajstić information content (AvgIpc) is 2.45. The van der Waals surface area contributed by atoms with Crippen LogP contribution in [0.2, 0.25) is 0 Å². The minimum absolute atomic E-state index is 0.0363. The van der Waals surface area contributed by atoms with E-state index in [1.807, 2.05) is 0 Å². The van der Waals surface area contributed by atoms with Crippen LogP contribution in [-0.2, 0) is 15.8 Å². The fourth-order valence-corrected chi connectivity index (χ4v) is 3.58. The van der Waals surface area contributed by atoms with E-state index in [0.29, 0.717) is 17.1 Å². The van der Waals surface area contributed by atoms with Crippen molar-refractivity contribution in [3.8, 4) is 0 Å². The molecule has 2 unspecified atom stereocenters. The molecule has 0 fully saturated rings. The highest BCUT2D eigenvalue weighted by molar-refractivity contribution is 7.99. The second-order valence-electron chi connectivity index (χ2n) is 5.47. The highest BCUT2D eigenvalue weighted by atomic mass is 32.2. The Morgan fingerprint density at radius 1 is 1.25 bits per heavy atom. The van der Waals surface area contributed by atoms with Gasteiger partial charge in [-0.3, -0.25) is 9.59 Å². The van der Waals surface area contributed by atoms with E-state index in [1.165, 1.54) is 23.9 Å². The van der Waals surface area contributed by atoms with E-state index in [0.717, 1.165) is 18.2 Å². The van der Waals surface area contributed by atoms with Crippen molar-refractivity contribution in [1.29, 1.82) is 0 Å². The van der Waals surface area contributed by atoms with Crippen LogP contribution in [-0.4, -0.2) is 27.7 Å². The van der Waals surface area contributed by atoms with Crippen molar-refractivity contribution < 1.29 is 33.0 Å². The van der Waals surface area contributed by atoms with Gasteiger partial charge in [-0.1, -0.05) is 0 Å². The average molecular weight is 360 g/mol. The van der Waals surface area contributed by atoms with Crippen molar-refractivity contribution >= 4 is 23.5 Å². The van der Waals surface area contributed by atoms with E-state index >= 15 is 0 Å². The van der Waals surface area contributed by atoms with E-state index in [1.54, 1.807) is 0 Å². The minimum atomic E-state index is -4.38. The lowest BCUT2D eigenvalue weighted by atomic mass is 9.80. The Labute approximate surface area is 140 Å². The van der Waals surface area contributed by atoms with Gasteiger partial charge in [-0.15, -0.1) is 11.8 Å². The van der Waals surface area contributed by atoms with Crippen LogP contribution in [0.25, 0.3) is 0 Å². The van der Waals surface area contributed by atoms with Gasteiger partial charge in [0.15, 0.2) is 5.78 Å². The lowest BCUT2D eigenvalue weighted by molar-refractivity contribution is -0.144. The van der Waals surface area contributed by atoms with E-state index in [9.17, 15) is 27.9 Å². The molecule has 1 aromatic carbocycles.